The van der Waals surface area contributed by atoms with Crippen LogP contribution >= 0.6 is 11.6 Å². The monoisotopic (exact) mass is 383 g/mol. The number of carbonyl (C=O) groups excluding carboxylic acids is 1. The van der Waals surface area contributed by atoms with Crippen molar-refractivity contribution in [2.75, 3.05) is 5.32 Å². The van der Waals surface area contributed by atoms with Crippen LogP contribution in [0.25, 0.3) is 0 Å². The van der Waals surface area contributed by atoms with Gasteiger partial charge in [0.1, 0.15) is 5.69 Å². The molecule has 1 N–H and O–H groups in total. The fourth-order valence-electron chi connectivity index (χ4n) is 2.40. The average molecular weight is 384 g/mol. The van der Waals surface area contributed by atoms with Crippen molar-refractivity contribution in [3.8, 4) is 0 Å². The van der Waals surface area contributed by atoms with Gasteiger partial charge in [-0.05, 0) is 17.7 Å². The fraction of sp³-hybridized carbons (Fsp3) is 0.188. The van der Waals surface area contributed by atoms with Crippen molar-refractivity contribution in [3.05, 3.63) is 64.7 Å². The molecule has 1 aromatic carbocycles. The molecule has 0 bridgehead atoms. The fourth-order valence-corrected chi connectivity index (χ4v) is 2.66. The van der Waals surface area contributed by atoms with E-state index in [2.05, 4.69) is 15.5 Å². The number of alkyl halides is 3. The lowest BCUT2D eigenvalue weighted by Gasteiger charge is -2.08. The van der Waals surface area contributed by atoms with E-state index < -0.39 is 17.6 Å². The molecule has 2 aromatic heterocycles. The number of carbonyl (C=O) groups is 1. The highest BCUT2D eigenvalue weighted by Crippen LogP contribution is 2.29. The quantitative estimate of drug-likeness (QED) is 0.748. The maximum Gasteiger partial charge on any atom is 0.416 e. The molecular weight excluding hydrogens is 371 g/mol. The SMILES string of the molecule is Cn1ncc(Cl)c1C(=O)Nc1cnn(Cc2cccc(C(F)(F)F)c2)c1. The van der Waals surface area contributed by atoms with Gasteiger partial charge in [0.15, 0.2) is 0 Å². The molecule has 2 heterocycles. The van der Waals surface area contributed by atoms with Crippen LogP contribution in [0.5, 0.6) is 0 Å². The molecule has 0 spiro atoms. The van der Waals surface area contributed by atoms with Gasteiger partial charge >= 0.3 is 6.18 Å². The van der Waals surface area contributed by atoms with Crippen molar-refractivity contribution in [1.29, 1.82) is 0 Å². The first-order valence-electron chi connectivity index (χ1n) is 7.41. The molecule has 0 radical (unpaired) electrons. The van der Waals surface area contributed by atoms with Gasteiger partial charge in [-0.15, -0.1) is 0 Å². The second-order valence-corrected chi connectivity index (χ2v) is 5.95. The van der Waals surface area contributed by atoms with Crippen LogP contribution in [0.2, 0.25) is 5.02 Å². The maximum atomic E-state index is 12.8. The van der Waals surface area contributed by atoms with Gasteiger partial charge in [-0.25, -0.2) is 0 Å². The van der Waals surface area contributed by atoms with Crippen LogP contribution in [-0.2, 0) is 19.8 Å². The van der Waals surface area contributed by atoms with E-state index in [1.807, 2.05) is 0 Å². The predicted octanol–water partition coefficient (Wildman–Crippen LogP) is 3.59. The van der Waals surface area contributed by atoms with Crippen LogP contribution in [0.15, 0.2) is 42.9 Å². The number of anilines is 1. The Hall–Kier alpha value is -2.81. The van der Waals surface area contributed by atoms with E-state index in [0.29, 0.717) is 11.3 Å². The van der Waals surface area contributed by atoms with Crippen LogP contribution in [-0.4, -0.2) is 25.5 Å². The lowest BCUT2D eigenvalue weighted by atomic mass is 10.1. The number of nitrogens with zero attached hydrogens (tertiary/aromatic N) is 4. The number of hydrogen-bond acceptors (Lipinski definition) is 3. The van der Waals surface area contributed by atoms with Gasteiger partial charge in [-0.3, -0.25) is 14.2 Å². The summed E-state index contributed by atoms with van der Waals surface area (Å²) in [6, 6.07) is 4.99. The molecule has 26 heavy (non-hydrogen) atoms. The minimum atomic E-state index is -4.40. The number of amides is 1. The van der Waals surface area contributed by atoms with Gasteiger partial charge in [-0.1, -0.05) is 23.7 Å². The number of aryl methyl sites for hydroxylation is 1. The number of halogens is 4. The van der Waals surface area contributed by atoms with Gasteiger partial charge in [0.2, 0.25) is 0 Å². The van der Waals surface area contributed by atoms with E-state index in [4.69, 9.17) is 11.6 Å². The summed E-state index contributed by atoms with van der Waals surface area (Å²) < 4.78 is 41.1. The number of benzene rings is 1. The average Bonchev–Trinajstić information content (AvgIpc) is 3.13. The van der Waals surface area contributed by atoms with E-state index in [0.717, 1.165) is 12.1 Å². The highest BCUT2D eigenvalue weighted by Gasteiger charge is 2.30. The number of aromatic nitrogens is 4. The van der Waals surface area contributed by atoms with Crippen LogP contribution in [0.1, 0.15) is 21.6 Å². The summed E-state index contributed by atoms with van der Waals surface area (Å²) in [6.45, 7) is 0.131. The van der Waals surface area contributed by atoms with E-state index in [1.165, 1.54) is 34.0 Å². The van der Waals surface area contributed by atoms with E-state index >= 15 is 0 Å². The highest BCUT2D eigenvalue weighted by molar-refractivity contribution is 6.34. The molecule has 1 amide bonds. The van der Waals surface area contributed by atoms with E-state index in [-0.39, 0.29) is 17.3 Å². The summed E-state index contributed by atoms with van der Waals surface area (Å²) >= 11 is 5.91. The topological polar surface area (TPSA) is 64.7 Å². The van der Waals surface area contributed by atoms with E-state index in [1.54, 1.807) is 13.1 Å². The second-order valence-electron chi connectivity index (χ2n) is 5.54. The summed E-state index contributed by atoms with van der Waals surface area (Å²) in [7, 11) is 1.58. The molecular formula is C16H13ClF3N5O. The van der Waals surface area contributed by atoms with Gasteiger partial charge in [-0.2, -0.15) is 23.4 Å². The van der Waals surface area contributed by atoms with Crippen molar-refractivity contribution in [2.45, 2.75) is 12.7 Å². The Labute approximate surface area is 151 Å². The lowest BCUT2D eigenvalue weighted by molar-refractivity contribution is -0.137. The van der Waals surface area contributed by atoms with Crippen LogP contribution in [0.4, 0.5) is 18.9 Å². The summed E-state index contributed by atoms with van der Waals surface area (Å²) in [5.74, 6) is -0.464. The Morgan fingerprint density at radius 1 is 1.27 bits per heavy atom. The third kappa shape index (κ3) is 3.88. The minimum absolute atomic E-state index is 0.131. The number of rotatable bonds is 4. The normalized spacial score (nSPS) is 11.6. The molecule has 6 nitrogen and oxygen atoms in total. The molecule has 0 atom stereocenters. The van der Waals surface area contributed by atoms with Crippen LogP contribution in [0.3, 0.4) is 0 Å². The molecule has 0 saturated heterocycles. The second kappa shape index (κ2) is 6.83. The van der Waals surface area contributed by atoms with Gasteiger partial charge < -0.3 is 5.32 Å². The van der Waals surface area contributed by atoms with Gasteiger partial charge in [0.05, 0.1) is 35.2 Å². The molecule has 3 rings (SSSR count). The standard InChI is InChI=1S/C16H13ClF3N5O/c1-24-14(13(17)7-21-24)15(26)23-12-6-22-25(9-12)8-10-3-2-4-11(5-10)16(18,19)20/h2-7,9H,8H2,1H3,(H,23,26). The molecule has 0 saturated carbocycles. The van der Waals surface area contributed by atoms with Gasteiger partial charge in [0, 0.05) is 13.2 Å². The lowest BCUT2D eigenvalue weighted by Crippen LogP contribution is -2.16. The summed E-state index contributed by atoms with van der Waals surface area (Å²) in [6.07, 6.45) is -0.132. The molecule has 0 fully saturated rings. The zero-order valence-corrected chi connectivity index (χ0v) is 14.2. The Morgan fingerprint density at radius 2 is 2.04 bits per heavy atom. The van der Waals surface area contributed by atoms with Crippen molar-refractivity contribution >= 4 is 23.2 Å². The molecule has 0 unspecified atom stereocenters. The Kier molecular flexibility index (Phi) is 4.73. The molecule has 0 aliphatic rings. The smallest absolute Gasteiger partial charge is 0.318 e. The largest absolute Gasteiger partial charge is 0.416 e. The third-order valence-corrected chi connectivity index (χ3v) is 3.88. The first kappa shape index (κ1) is 18.0. The van der Waals surface area contributed by atoms with Crippen molar-refractivity contribution in [1.82, 2.24) is 19.6 Å². The molecule has 0 aliphatic carbocycles. The summed E-state index contributed by atoms with van der Waals surface area (Å²) in [5.41, 5.74) is 0.300. The Bertz CT molecular complexity index is 928. The Morgan fingerprint density at radius 3 is 2.69 bits per heavy atom. The Balaban J connectivity index is 1.72. The maximum absolute atomic E-state index is 12.8. The molecule has 10 heteroatoms. The first-order chi connectivity index (χ1) is 12.2. The first-order valence-corrected chi connectivity index (χ1v) is 7.79. The summed E-state index contributed by atoms with van der Waals surface area (Å²) in [4.78, 5) is 12.2. The van der Waals surface area contributed by atoms with Crippen LogP contribution < -0.4 is 5.32 Å². The third-order valence-electron chi connectivity index (χ3n) is 3.60. The predicted molar refractivity (Wildman–Crippen MR) is 88.9 cm³/mol. The van der Waals surface area contributed by atoms with Crippen molar-refractivity contribution in [3.63, 3.8) is 0 Å². The highest BCUT2D eigenvalue weighted by atomic mass is 35.5. The summed E-state index contributed by atoms with van der Waals surface area (Å²) in [5, 5.41) is 10.8. The van der Waals surface area contributed by atoms with Crippen molar-refractivity contribution < 1.29 is 18.0 Å². The molecule has 3 aromatic rings. The molecule has 0 aliphatic heterocycles. The zero-order valence-electron chi connectivity index (χ0n) is 13.5. The number of nitrogens with one attached hydrogen (secondary N) is 1. The van der Waals surface area contributed by atoms with E-state index in [9.17, 15) is 18.0 Å². The minimum Gasteiger partial charge on any atom is -0.318 e. The molecule has 136 valence electrons. The zero-order chi connectivity index (χ0) is 18.9. The van der Waals surface area contributed by atoms with Crippen LogP contribution in [0, 0.1) is 0 Å². The number of hydrogen-bond donors (Lipinski definition) is 1. The van der Waals surface area contributed by atoms with Crippen molar-refractivity contribution in [2.24, 2.45) is 7.05 Å². The van der Waals surface area contributed by atoms with Gasteiger partial charge in [0.25, 0.3) is 5.91 Å².